The maximum absolute atomic E-state index is 12.3. The Hall–Kier alpha value is -3.50. The zero-order chi connectivity index (χ0) is 23.9. The molecule has 1 amide bonds. The molecule has 0 unspecified atom stereocenters. The van der Waals surface area contributed by atoms with Gasteiger partial charge in [0.2, 0.25) is 0 Å². The van der Waals surface area contributed by atoms with Gasteiger partial charge in [-0.25, -0.2) is 0 Å². The van der Waals surface area contributed by atoms with Gasteiger partial charge in [0.15, 0.2) is 5.11 Å². The quantitative estimate of drug-likeness (QED) is 0.289. The van der Waals surface area contributed by atoms with Crippen LogP contribution in [0.1, 0.15) is 15.2 Å². The fourth-order valence-electron chi connectivity index (χ4n) is 3.82. The van der Waals surface area contributed by atoms with Gasteiger partial charge in [0.25, 0.3) is 11.6 Å². The second kappa shape index (κ2) is 11.1. The second-order valence-corrected chi connectivity index (χ2v) is 9.17. The Bertz CT molecular complexity index is 1150. The summed E-state index contributed by atoms with van der Waals surface area (Å²) in [7, 11) is 0. The van der Waals surface area contributed by atoms with Crippen molar-refractivity contribution < 1.29 is 9.72 Å². The topological polar surface area (TPSA) is 90.8 Å². The lowest BCUT2D eigenvalue weighted by molar-refractivity contribution is -0.383. The average molecular weight is 496 g/mol. The molecule has 2 N–H and O–H groups in total. The second-order valence-electron chi connectivity index (χ2n) is 7.83. The number of anilines is 2. The zero-order valence-corrected chi connectivity index (χ0v) is 20.1. The molecular weight excluding hydrogens is 470 g/mol. The molecule has 34 heavy (non-hydrogen) atoms. The van der Waals surface area contributed by atoms with Crippen molar-refractivity contribution in [2.45, 2.75) is 6.42 Å². The molecule has 0 aliphatic carbocycles. The van der Waals surface area contributed by atoms with Gasteiger partial charge in [0, 0.05) is 44.5 Å². The van der Waals surface area contributed by atoms with Gasteiger partial charge in [0.05, 0.1) is 9.80 Å². The fraction of sp³-hybridized carbons (Fsp3) is 0.250. The minimum atomic E-state index is -0.360. The van der Waals surface area contributed by atoms with Crippen LogP contribution in [0, 0.1) is 10.1 Å². The number of benzene rings is 2. The lowest BCUT2D eigenvalue weighted by atomic mass is 10.1. The molecule has 0 bridgehead atoms. The molecule has 1 fully saturated rings. The van der Waals surface area contributed by atoms with Crippen LogP contribution in [0.15, 0.2) is 66.0 Å². The highest BCUT2D eigenvalue weighted by Crippen LogP contribution is 2.30. The SMILES string of the molecule is O=C(NC(=S)N1CCN(c2ccc([N+](=O)[O-])c(NCCc3ccccc3)c2)CC1)c1cccs1. The molecule has 3 aromatic rings. The van der Waals surface area contributed by atoms with Crippen molar-refractivity contribution in [2.24, 2.45) is 0 Å². The number of carbonyl (C=O) groups is 1. The number of nitrogens with zero attached hydrogens (tertiary/aromatic N) is 3. The Labute approximate surface area is 207 Å². The standard InChI is InChI=1S/C24H25N5O3S2/c30-23(22-7-4-16-34-22)26-24(33)28-14-12-27(13-15-28)19-8-9-21(29(31)32)20(17-19)25-11-10-18-5-2-1-3-6-18/h1-9,16-17,25H,10-15H2,(H,26,30,33). The van der Waals surface area contributed by atoms with Gasteiger partial charge in [-0.3, -0.25) is 20.2 Å². The monoisotopic (exact) mass is 495 g/mol. The first-order valence-corrected chi connectivity index (χ1v) is 12.2. The van der Waals surface area contributed by atoms with Crippen molar-refractivity contribution in [3.8, 4) is 0 Å². The number of nitrogens with one attached hydrogen (secondary N) is 2. The Morgan fingerprint density at radius 3 is 2.50 bits per heavy atom. The van der Waals surface area contributed by atoms with Gasteiger partial charge in [-0.15, -0.1) is 11.3 Å². The lowest BCUT2D eigenvalue weighted by Gasteiger charge is -2.37. The number of thiocarbonyl (C=S) groups is 1. The number of carbonyl (C=O) groups excluding carboxylic acids is 1. The van der Waals surface area contributed by atoms with E-state index in [2.05, 4.69) is 15.5 Å². The van der Waals surface area contributed by atoms with E-state index in [9.17, 15) is 14.9 Å². The van der Waals surface area contributed by atoms with Gasteiger partial charge >= 0.3 is 0 Å². The number of nitro benzene ring substituents is 1. The molecule has 8 nitrogen and oxygen atoms in total. The van der Waals surface area contributed by atoms with Crippen molar-refractivity contribution in [1.82, 2.24) is 10.2 Å². The number of rotatable bonds is 7. The van der Waals surface area contributed by atoms with Crippen LogP contribution in [-0.4, -0.2) is 53.6 Å². The molecule has 176 valence electrons. The van der Waals surface area contributed by atoms with Crippen LogP contribution in [0.4, 0.5) is 17.1 Å². The van der Waals surface area contributed by atoms with Gasteiger partial charge in [0.1, 0.15) is 5.69 Å². The Balaban J connectivity index is 1.35. The van der Waals surface area contributed by atoms with E-state index >= 15 is 0 Å². The first-order chi connectivity index (χ1) is 16.5. The molecular formula is C24H25N5O3S2. The third kappa shape index (κ3) is 5.89. The molecule has 2 heterocycles. The third-order valence-corrected chi connectivity index (χ3v) is 6.88. The number of hydrogen-bond donors (Lipinski definition) is 2. The maximum atomic E-state index is 12.3. The van der Waals surface area contributed by atoms with Crippen LogP contribution < -0.4 is 15.5 Å². The summed E-state index contributed by atoms with van der Waals surface area (Å²) in [5.74, 6) is -0.191. The first-order valence-electron chi connectivity index (χ1n) is 11.0. The van der Waals surface area contributed by atoms with Crippen LogP contribution in [0.5, 0.6) is 0 Å². The van der Waals surface area contributed by atoms with Crippen LogP contribution in [0.3, 0.4) is 0 Å². The van der Waals surface area contributed by atoms with Crippen LogP contribution >= 0.6 is 23.6 Å². The minimum Gasteiger partial charge on any atom is -0.379 e. The van der Waals surface area contributed by atoms with Crippen molar-refractivity contribution in [2.75, 3.05) is 42.9 Å². The van der Waals surface area contributed by atoms with Gasteiger partial charge in [-0.1, -0.05) is 36.4 Å². The van der Waals surface area contributed by atoms with Crippen molar-refractivity contribution in [3.63, 3.8) is 0 Å². The summed E-state index contributed by atoms with van der Waals surface area (Å²) in [5, 5.41) is 19.8. The lowest BCUT2D eigenvalue weighted by Crippen LogP contribution is -2.52. The summed E-state index contributed by atoms with van der Waals surface area (Å²) in [4.78, 5) is 28.2. The largest absolute Gasteiger partial charge is 0.379 e. The highest BCUT2D eigenvalue weighted by Gasteiger charge is 2.23. The van der Waals surface area contributed by atoms with Crippen LogP contribution in [0.25, 0.3) is 0 Å². The number of hydrogen-bond acceptors (Lipinski definition) is 7. The number of nitro groups is 1. The smallest absolute Gasteiger partial charge is 0.292 e. The molecule has 0 atom stereocenters. The molecule has 4 rings (SSSR count). The Morgan fingerprint density at radius 2 is 1.82 bits per heavy atom. The number of thiophene rings is 1. The van der Waals surface area contributed by atoms with Gasteiger partial charge < -0.3 is 15.1 Å². The van der Waals surface area contributed by atoms with E-state index in [1.165, 1.54) is 16.9 Å². The van der Waals surface area contributed by atoms with E-state index in [0.29, 0.717) is 48.4 Å². The normalized spacial score (nSPS) is 13.4. The number of amides is 1. The minimum absolute atomic E-state index is 0.0629. The molecule has 0 saturated carbocycles. The van der Waals surface area contributed by atoms with Crippen molar-refractivity contribution in [1.29, 1.82) is 0 Å². The van der Waals surface area contributed by atoms with Gasteiger partial charge in [-0.2, -0.15) is 0 Å². The summed E-state index contributed by atoms with van der Waals surface area (Å²) in [6.07, 6.45) is 0.773. The zero-order valence-electron chi connectivity index (χ0n) is 18.5. The highest BCUT2D eigenvalue weighted by atomic mass is 32.1. The summed E-state index contributed by atoms with van der Waals surface area (Å²) in [6.45, 7) is 3.28. The summed E-state index contributed by atoms with van der Waals surface area (Å²) >= 11 is 6.80. The Morgan fingerprint density at radius 1 is 1.06 bits per heavy atom. The van der Waals surface area contributed by atoms with E-state index in [4.69, 9.17) is 12.2 Å². The highest BCUT2D eigenvalue weighted by molar-refractivity contribution is 7.80. The average Bonchev–Trinajstić information content (AvgIpc) is 3.40. The summed E-state index contributed by atoms with van der Waals surface area (Å²) in [5.41, 5.74) is 2.67. The molecule has 2 aromatic carbocycles. The van der Waals surface area contributed by atoms with E-state index in [1.807, 2.05) is 52.7 Å². The van der Waals surface area contributed by atoms with Crippen LogP contribution in [0.2, 0.25) is 0 Å². The Kier molecular flexibility index (Phi) is 7.71. The van der Waals surface area contributed by atoms with E-state index in [0.717, 1.165) is 12.1 Å². The van der Waals surface area contributed by atoms with E-state index in [-0.39, 0.29) is 16.5 Å². The third-order valence-electron chi connectivity index (χ3n) is 5.65. The first kappa shape index (κ1) is 23.7. The van der Waals surface area contributed by atoms with E-state index in [1.54, 1.807) is 18.2 Å². The molecule has 1 saturated heterocycles. The van der Waals surface area contributed by atoms with E-state index < -0.39 is 0 Å². The molecule has 1 aromatic heterocycles. The molecule has 10 heteroatoms. The number of piperazine rings is 1. The maximum Gasteiger partial charge on any atom is 0.292 e. The molecule has 1 aliphatic rings. The molecule has 1 aliphatic heterocycles. The van der Waals surface area contributed by atoms with Crippen molar-refractivity contribution >= 4 is 51.6 Å². The predicted octanol–water partition coefficient (Wildman–Crippen LogP) is 4.15. The summed E-state index contributed by atoms with van der Waals surface area (Å²) < 4.78 is 0. The van der Waals surface area contributed by atoms with Crippen LogP contribution in [-0.2, 0) is 6.42 Å². The predicted molar refractivity (Wildman–Crippen MR) is 140 cm³/mol. The fourth-order valence-corrected chi connectivity index (χ4v) is 4.72. The molecule has 0 radical (unpaired) electrons. The van der Waals surface area contributed by atoms with Crippen molar-refractivity contribution in [3.05, 3.63) is 86.6 Å². The summed E-state index contributed by atoms with van der Waals surface area (Å²) in [6, 6.07) is 18.8. The molecule has 0 spiro atoms. The van der Waals surface area contributed by atoms with Gasteiger partial charge in [-0.05, 0) is 47.8 Å².